The molecule has 0 aliphatic heterocycles. The second-order valence-corrected chi connectivity index (χ2v) is 7.11. The smallest absolute Gasteiger partial charge is 0.172 e. The van der Waals surface area contributed by atoms with E-state index in [1.54, 1.807) is 23.1 Å². The Morgan fingerprint density at radius 3 is 2.70 bits per heavy atom. The third kappa shape index (κ3) is 3.58. The Morgan fingerprint density at radius 2 is 2.04 bits per heavy atom. The van der Waals surface area contributed by atoms with Crippen LogP contribution in [0.4, 0.5) is 11.5 Å². The number of anilines is 2. The lowest BCUT2D eigenvalue weighted by atomic mass is 10.2. The molecule has 0 unspecified atom stereocenters. The van der Waals surface area contributed by atoms with E-state index in [0.717, 1.165) is 27.3 Å². The number of nitrogens with zero attached hydrogens (tertiary/aromatic N) is 4. The second kappa shape index (κ2) is 7.72. The lowest BCUT2D eigenvalue weighted by molar-refractivity contribution is 0.415. The van der Waals surface area contributed by atoms with Crippen molar-refractivity contribution in [3.63, 3.8) is 0 Å². The van der Waals surface area contributed by atoms with Gasteiger partial charge in [-0.15, -0.1) is 23.7 Å². The summed E-state index contributed by atoms with van der Waals surface area (Å²) < 4.78 is 7.00. The highest BCUT2D eigenvalue weighted by Gasteiger charge is 2.17. The van der Waals surface area contributed by atoms with Gasteiger partial charge in [-0.1, -0.05) is 17.7 Å². The fourth-order valence-electron chi connectivity index (χ4n) is 2.82. The minimum Gasteiger partial charge on any atom is -0.495 e. The number of hydrogen-bond donors (Lipinski definition) is 1. The van der Waals surface area contributed by atoms with E-state index in [1.807, 2.05) is 49.7 Å². The summed E-state index contributed by atoms with van der Waals surface area (Å²) in [4.78, 5) is 10.5. The molecule has 9 heteroatoms. The van der Waals surface area contributed by atoms with Crippen LogP contribution in [0.25, 0.3) is 21.7 Å². The van der Waals surface area contributed by atoms with Crippen molar-refractivity contribution in [3.8, 4) is 16.5 Å². The molecule has 0 saturated heterocycles. The number of fused-ring (bicyclic) bond motifs is 1. The summed E-state index contributed by atoms with van der Waals surface area (Å²) in [5.74, 6) is 1.98. The van der Waals surface area contributed by atoms with Crippen LogP contribution < -0.4 is 10.1 Å². The average Bonchev–Trinajstić information content (AvgIpc) is 3.24. The molecule has 0 atom stereocenters. The number of methoxy groups -OCH3 is 1. The van der Waals surface area contributed by atoms with Gasteiger partial charge in [0.25, 0.3) is 0 Å². The molecule has 0 aliphatic carbocycles. The average molecular weight is 422 g/mol. The molecule has 3 heterocycles. The predicted octanol–water partition coefficient (Wildman–Crippen LogP) is 5.23. The van der Waals surface area contributed by atoms with Crippen molar-refractivity contribution >= 4 is 57.9 Å². The maximum Gasteiger partial charge on any atom is 0.172 e. The van der Waals surface area contributed by atoms with Crippen molar-refractivity contribution in [2.45, 2.75) is 6.92 Å². The van der Waals surface area contributed by atoms with Gasteiger partial charge >= 0.3 is 0 Å². The lowest BCUT2D eigenvalue weighted by Gasteiger charge is -2.11. The van der Waals surface area contributed by atoms with Crippen molar-refractivity contribution in [1.29, 1.82) is 0 Å². The molecular weight excluding hydrogens is 405 g/mol. The monoisotopic (exact) mass is 421 g/mol. The molecular formula is C18H17Cl2N5OS. The van der Waals surface area contributed by atoms with Crippen LogP contribution in [-0.2, 0) is 7.05 Å². The minimum absolute atomic E-state index is 0. The zero-order chi connectivity index (χ0) is 18.3. The summed E-state index contributed by atoms with van der Waals surface area (Å²) >= 11 is 7.85. The number of aryl methyl sites for hydroxylation is 2. The van der Waals surface area contributed by atoms with E-state index in [0.29, 0.717) is 22.4 Å². The highest BCUT2D eigenvalue weighted by Crippen LogP contribution is 2.32. The summed E-state index contributed by atoms with van der Waals surface area (Å²) in [6.45, 7) is 1.95. The van der Waals surface area contributed by atoms with Crippen LogP contribution >= 0.6 is 35.3 Å². The number of rotatable bonds is 4. The molecule has 0 radical (unpaired) electrons. The van der Waals surface area contributed by atoms with Crippen LogP contribution in [0.1, 0.15) is 5.69 Å². The lowest BCUT2D eigenvalue weighted by Crippen LogP contribution is -2.01. The fourth-order valence-corrected chi connectivity index (χ4v) is 3.74. The first-order chi connectivity index (χ1) is 12.6. The molecule has 1 N–H and O–H groups in total. The van der Waals surface area contributed by atoms with E-state index in [2.05, 4.69) is 10.4 Å². The van der Waals surface area contributed by atoms with E-state index in [1.165, 1.54) is 0 Å². The summed E-state index contributed by atoms with van der Waals surface area (Å²) in [7, 11) is 3.48. The first-order valence-corrected chi connectivity index (χ1v) is 9.18. The molecule has 6 nitrogen and oxygen atoms in total. The third-order valence-corrected chi connectivity index (χ3v) is 5.17. The Hall–Kier alpha value is -2.35. The maximum absolute atomic E-state index is 6.25. The van der Waals surface area contributed by atoms with Gasteiger partial charge in [0, 0.05) is 12.7 Å². The molecule has 4 rings (SSSR count). The predicted molar refractivity (Wildman–Crippen MR) is 113 cm³/mol. The number of hydrogen-bond acceptors (Lipinski definition) is 6. The van der Waals surface area contributed by atoms with Gasteiger partial charge in [0.2, 0.25) is 0 Å². The Labute approximate surface area is 171 Å². The van der Waals surface area contributed by atoms with Gasteiger partial charge in [-0.2, -0.15) is 5.10 Å². The van der Waals surface area contributed by atoms with E-state index in [9.17, 15) is 0 Å². The Balaban J connectivity index is 0.00000210. The summed E-state index contributed by atoms with van der Waals surface area (Å²) in [5.41, 5.74) is 3.34. The standard InChI is InChI=1S/C18H16ClN5OS.ClH/c1-10-15-16(24(2)23-10)18(22-17(21-15)14-5-4-8-26-14)20-11-6-7-13(25-3)12(19)9-11;/h4-9H,1-3H3,(H,20,21,22);1H. The van der Waals surface area contributed by atoms with Crippen LogP contribution in [0.3, 0.4) is 0 Å². The number of halogens is 2. The first kappa shape index (κ1) is 19.4. The molecule has 0 spiro atoms. The topological polar surface area (TPSA) is 64.9 Å². The number of nitrogens with one attached hydrogen (secondary N) is 1. The van der Waals surface area contributed by atoms with Crippen molar-refractivity contribution < 1.29 is 4.74 Å². The number of ether oxygens (including phenoxy) is 1. The summed E-state index contributed by atoms with van der Waals surface area (Å²) in [6, 6.07) is 9.51. The molecule has 1 aromatic carbocycles. The van der Waals surface area contributed by atoms with Gasteiger partial charge in [0.05, 0.1) is 22.7 Å². The van der Waals surface area contributed by atoms with E-state index < -0.39 is 0 Å². The zero-order valence-corrected chi connectivity index (χ0v) is 17.2. The number of aromatic nitrogens is 4. The largest absolute Gasteiger partial charge is 0.495 e. The highest BCUT2D eigenvalue weighted by molar-refractivity contribution is 7.13. The highest BCUT2D eigenvalue weighted by atomic mass is 35.5. The molecule has 27 heavy (non-hydrogen) atoms. The van der Waals surface area contributed by atoms with Crippen molar-refractivity contribution in [2.75, 3.05) is 12.4 Å². The van der Waals surface area contributed by atoms with E-state index in [4.69, 9.17) is 26.3 Å². The molecule has 0 amide bonds. The molecule has 3 aromatic heterocycles. The van der Waals surface area contributed by atoms with Gasteiger partial charge in [0.1, 0.15) is 16.8 Å². The Morgan fingerprint density at radius 1 is 1.22 bits per heavy atom. The van der Waals surface area contributed by atoms with Gasteiger partial charge in [-0.05, 0) is 36.6 Å². The quantitative estimate of drug-likeness (QED) is 0.488. The Bertz CT molecular complexity index is 1100. The van der Waals surface area contributed by atoms with E-state index in [-0.39, 0.29) is 12.4 Å². The summed E-state index contributed by atoms with van der Waals surface area (Å²) in [6.07, 6.45) is 0. The van der Waals surface area contributed by atoms with Gasteiger partial charge in [-0.3, -0.25) is 4.68 Å². The van der Waals surface area contributed by atoms with Gasteiger partial charge < -0.3 is 10.1 Å². The van der Waals surface area contributed by atoms with Gasteiger partial charge in [0.15, 0.2) is 11.6 Å². The zero-order valence-electron chi connectivity index (χ0n) is 14.9. The van der Waals surface area contributed by atoms with Crippen molar-refractivity contribution in [1.82, 2.24) is 19.7 Å². The number of thiophene rings is 1. The number of benzene rings is 1. The van der Waals surface area contributed by atoms with Gasteiger partial charge in [-0.25, -0.2) is 9.97 Å². The van der Waals surface area contributed by atoms with E-state index >= 15 is 0 Å². The van der Waals surface area contributed by atoms with Crippen molar-refractivity contribution in [2.24, 2.45) is 7.05 Å². The molecule has 140 valence electrons. The van der Waals surface area contributed by atoms with Crippen LogP contribution in [0.2, 0.25) is 5.02 Å². The Kier molecular flexibility index (Phi) is 5.55. The second-order valence-electron chi connectivity index (χ2n) is 5.75. The van der Waals surface area contributed by atoms with Crippen LogP contribution in [0, 0.1) is 6.92 Å². The first-order valence-electron chi connectivity index (χ1n) is 7.92. The molecule has 4 aromatic rings. The minimum atomic E-state index is 0. The SMILES string of the molecule is COc1ccc(Nc2nc(-c3cccs3)nc3c(C)nn(C)c23)cc1Cl.Cl. The fraction of sp³-hybridized carbons (Fsp3) is 0.167. The third-order valence-electron chi connectivity index (χ3n) is 4.01. The molecule has 0 aliphatic rings. The molecule has 0 fully saturated rings. The van der Waals surface area contributed by atoms with Crippen LogP contribution in [-0.4, -0.2) is 26.9 Å². The van der Waals surface area contributed by atoms with Crippen molar-refractivity contribution in [3.05, 3.63) is 46.4 Å². The maximum atomic E-state index is 6.25. The summed E-state index contributed by atoms with van der Waals surface area (Å²) in [5, 5.41) is 10.4. The normalized spacial score (nSPS) is 10.7. The molecule has 0 bridgehead atoms. The van der Waals surface area contributed by atoms with Crippen LogP contribution in [0.5, 0.6) is 5.75 Å². The molecule has 0 saturated carbocycles. The van der Waals surface area contributed by atoms with Crippen LogP contribution in [0.15, 0.2) is 35.7 Å².